The molecule has 0 saturated heterocycles. The van der Waals surface area contributed by atoms with E-state index in [0.29, 0.717) is 6.04 Å². The van der Waals surface area contributed by atoms with E-state index in [1.807, 2.05) is 10.9 Å². The van der Waals surface area contributed by atoms with E-state index in [-0.39, 0.29) is 0 Å². The number of rotatable bonds is 10. The van der Waals surface area contributed by atoms with Crippen LogP contribution < -0.4 is 10.1 Å². The summed E-state index contributed by atoms with van der Waals surface area (Å²) in [5, 5.41) is 7.71. The first-order valence-electron chi connectivity index (χ1n) is 7.47. The molecule has 0 aliphatic carbocycles. The SMILES string of the molecule is CC(C)CNCCCCCOc1cnn(C(C)C)c1. The van der Waals surface area contributed by atoms with E-state index < -0.39 is 0 Å². The van der Waals surface area contributed by atoms with Gasteiger partial charge in [0.15, 0.2) is 5.75 Å². The van der Waals surface area contributed by atoms with Crippen molar-refractivity contribution in [2.45, 2.75) is 53.0 Å². The Bertz CT molecular complexity index is 334. The number of ether oxygens (including phenoxy) is 1. The Balaban J connectivity index is 1.98. The van der Waals surface area contributed by atoms with Crippen molar-refractivity contribution in [3.05, 3.63) is 12.4 Å². The minimum atomic E-state index is 0.393. The van der Waals surface area contributed by atoms with Crippen molar-refractivity contribution in [2.24, 2.45) is 5.92 Å². The maximum Gasteiger partial charge on any atom is 0.157 e. The predicted octanol–water partition coefficient (Wildman–Crippen LogP) is 3.26. The molecular weight excluding hydrogens is 238 g/mol. The highest BCUT2D eigenvalue weighted by Gasteiger charge is 2.02. The van der Waals surface area contributed by atoms with Crippen LogP contribution in [-0.4, -0.2) is 29.5 Å². The van der Waals surface area contributed by atoms with E-state index in [1.165, 1.54) is 12.8 Å². The van der Waals surface area contributed by atoms with Crippen LogP contribution in [0.25, 0.3) is 0 Å². The average molecular weight is 267 g/mol. The minimum Gasteiger partial charge on any atom is -0.490 e. The molecule has 1 N–H and O–H groups in total. The van der Waals surface area contributed by atoms with E-state index in [0.717, 1.165) is 37.8 Å². The zero-order chi connectivity index (χ0) is 14.1. The van der Waals surface area contributed by atoms with Crippen molar-refractivity contribution in [2.75, 3.05) is 19.7 Å². The maximum atomic E-state index is 5.68. The highest BCUT2D eigenvalue weighted by molar-refractivity contribution is 5.11. The van der Waals surface area contributed by atoms with Crippen LogP contribution in [0.1, 0.15) is 53.0 Å². The van der Waals surface area contributed by atoms with Gasteiger partial charge in [0, 0.05) is 6.04 Å². The van der Waals surface area contributed by atoms with Gasteiger partial charge in [-0.3, -0.25) is 4.68 Å². The summed E-state index contributed by atoms with van der Waals surface area (Å²) < 4.78 is 7.60. The molecule has 0 atom stereocenters. The molecule has 0 fully saturated rings. The molecule has 1 heterocycles. The lowest BCUT2D eigenvalue weighted by Gasteiger charge is -2.07. The second-order valence-corrected chi connectivity index (χ2v) is 5.76. The maximum absolute atomic E-state index is 5.68. The number of nitrogens with one attached hydrogen (secondary N) is 1. The molecular formula is C15H29N3O. The van der Waals surface area contributed by atoms with Crippen LogP contribution in [0.15, 0.2) is 12.4 Å². The molecule has 0 aliphatic heterocycles. The molecule has 1 rings (SSSR count). The van der Waals surface area contributed by atoms with Crippen molar-refractivity contribution in [1.82, 2.24) is 15.1 Å². The summed E-state index contributed by atoms with van der Waals surface area (Å²) in [4.78, 5) is 0. The van der Waals surface area contributed by atoms with Gasteiger partial charge in [-0.05, 0) is 52.1 Å². The molecule has 1 aromatic heterocycles. The number of unbranched alkanes of at least 4 members (excludes halogenated alkanes) is 2. The van der Waals surface area contributed by atoms with E-state index in [1.54, 1.807) is 6.20 Å². The van der Waals surface area contributed by atoms with E-state index in [4.69, 9.17) is 4.74 Å². The van der Waals surface area contributed by atoms with E-state index >= 15 is 0 Å². The number of nitrogens with zero attached hydrogens (tertiary/aromatic N) is 2. The van der Waals surface area contributed by atoms with Gasteiger partial charge < -0.3 is 10.1 Å². The van der Waals surface area contributed by atoms with Crippen molar-refractivity contribution in [1.29, 1.82) is 0 Å². The quantitative estimate of drug-likeness (QED) is 0.661. The number of aromatic nitrogens is 2. The van der Waals surface area contributed by atoms with Crippen LogP contribution in [0.2, 0.25) is 0 Å². The summed E-state index contributed by atoms with van der Waals surface area (Å²) in [6.45, 7) is 11.7. The molecule has 0 radical (unpaired) electrons. The van der Waals surface area contributed by atoms with Crippen LogP contribution in [-0.2, 0) is 0 Å². The third kappa shape index (κ3) is 7.21. The standard InChI is InChI=1S/C15H29N3O/c1-13(2)10-16-8-6-5-7-9-19-15-11-17-18(12-15)14(3)4/h11-14,16H,5-10H2,1-4H3. The number of hydrogen-bond acceptors (Lipinski definition) is 3. The molecule has 110 valence electrons. The second kappa shape index (κ2) is 8.97. The lowest BCUT2D eigenvalue weighted by molar-refractivity contribution is 0.304. The van der Waals surface area contributed by atoms with Crippen molar-refractivity contribution in [3.8, 4) is 5.75 Å². The second-order valence-electron chi connectivity index (χ2n) is 5.76. The van der Waals surface area contributed by atoms with Gasteiger partial charge in [0.2, 0.25) is 0 Å². The van der Waals surface area contributed by atoms with Crippen molar-refractivity contribution in [3.63, 3.8) is 0 Å². The Labute approximate surface area is 117 Å². The van der Waals surface area contributed by atoms with Gasteiger partial charge in [0.1, 0.15) is 0 Å². The Morgan fingerprint density at radius 2 is 2.00 bits per heavy atom. The van der Waals surface area contributed by atoms with Crippen LogP contribution in [0, 0.1) is 5.92 Å². The van der Waals surface area contributed by atoms with Gasteiger partial charge in [-0.15, -0.1) is 0 Å². The summed E-state index contributed by atoms with van der Waals surface area (Å²) in [6, 6.07) is 0.393. The Hall–Kier alpha value is -1.03. The Kier molecular flexibility index (Phi) is 7.56. The average Bonchev–Trinajstić information content (AvgIpc) is 2.81. The molecule has 0 spiro atoms. The van der Waals surface area contributed by atoms with E-state index in [2.05, 4.69) is 38.1 Å². The first-order chi connectivity index (χ1) is 9.09. The molecule has 19 heavy (non-hydrogen) atoms. The molecule has 0 aliphatic rings. The van der Waals surface area contributed by atoms with Crippen molar-refractivity contribution < 1.29 is 4.74 Å². The molecule has 0 unspecified atom stereocenters. The Morgan fingerprint density at radius 1 is 1.21 bits per heavy atom. The lowest BCUT2D eigenvalue weighted by Crippen LogP contribution is -2.20. The van der Waals surface area contributed by atoms with E-state index in [9.17, 15) is 0 Å². The van der Waals surface area contributed by atoms with Gasteiger partial charge in [-0.2, -0.15) is 5.10 Å². The van der Waals surface area contributed by atoms with Crippen molar-refractivity contribution >= 4 is 0 Å². The lowest BCUT2D eigenvalue weighted by atomic mass is 10.2. The monoisotopic (exact) mass is 267 g/mol. The summed E-state index contributed by atoms with van der Waals surface area (Å²) >= 11 is 0. The summed E-state index contributed by atoms with van der Waals surface area (Å²) in [5.74, 6) is 1.62. The summed E-state index contributed by atoms with van der Waals surface area (Å²) in [5.41, 5.74) is 0. The smallest absolute Gasteiger partial charge is 0.157 e. The minimum absolute atomic E-state index is 0.393. The number of hydrogen-bond donors (Lipinski definition) is 1. The predicted molar refractivity (Wildman–Crippen MR) is 79.7 cm³/mol. The normalized spacial score (nSPS) is 11.5. The van der Waals surface area contributed by atoms with Gasteiger partial charge in [-0.1, -0.05) is 13.8 Å². The summed E-state index contributed by atoms with van der Waals surface area (Å²) in [7, 11) is 0. The highest BCUT2D eigenvalue weighted by atomic mass is 16.5. The zero-order valence-corrected chi connectivity index (χ0v) is 12.9. The molecule has 4 nitrogen and oxygen atoms in total. The third-order valence-corrected chi connectivity index (χ3v) is 2.93. The molecule has 0 amide bonds. The fourth-order valence-electron chi connectivity index (χ4n) is 1.79. The van der Waals surface area contributed by atoms with Crippen LogP contribution in [0.5, 0.6) is 5.75 Å². The van der Waals surface area contributed by atoms with Crippen LogP contribution >= 0.6 is 0 Å². The molecule has 0 aromatic carbocycles. The topological polar surface area (TPSA) is 39.1 Å². The first-order valence-corrected chi connectivity index (χ1v) is 7.47. The summed E-state index contributed by atoms with van der Waals surface area (Å²) in [6.07, 6.45) is 7.31. The van der Waals surface area contributed by atoms with Gasteiger partial charge in [-0.25, -0.2) is 0 Å². The van der Waals surface area contributed by atoms with Gasteiger partial charge in [0.05, 0.1) is 19.0 Å². The van der Waals surface area contributed by atoms with Gasteiger partial charge >= 0.3 is 0 Å². The van der Waals surface area contributed by atoms with Crippen LogP contribution in [0.4, 0.5) is 0 Å². The zero-order valence-electron chi connectivity index (χ0n) is 12.9. The van der Waals surface area contributed by atoms with Gasteiger partial charge in [0.25, 0.3) is 0 Å². The largest absolute Gasteiger partial charge is 0.490 e. The highest BCUT2D eigenvalue weighted by Crippen LogP contribution is 2.12. The molecule has 0 bridgehead atoms. The van der Waals surface area contributed by atoms with Crippen LogP contribution in [0.3, 0.4) is 0 Å². The third-order valence-electron chi connectivity index (χ3n) is 2.93. The fourth-order valence-corrected chi connectivity index (χ4v) is 1.79. The molecule has 4 heteroatoms. The molecule has 1 aromatic rings. The Morgan fingerprint density at radius 3 is 2.63 bits per heavy atom. The fraction of sp³-hybridized carbons (Fsp3) is 0.800. The first kappa shape index (κ1) is 16.0. The molecule has 0 saturated carbocycles.